The average Bonchev–Trinajstić information content (AvgIpc) is 3.34. The van der Waals surface area contributed by atoms with Gasteiger partial charge in [-0.25, -0.2) is 13.4 Å². The Morgan fingerprint density at radius 3 is 2.85 bits per heavy atom. The van der Waals surface area contributed by atoms with E-state index in [1.165, 1.54) is 33.2 Å². The molecule has 0 saturated carbocycles. The highest BCUT2D eigenvalue weighted by atomic mass is 79.9. The molecule has 26 heavy (non-hydrogen) atoms. The third-order valence-electron chi connectivity index (χ3n) is 3.80. The Morgan fingerprint density at radius 2 is 2.15 bits per heavy atom. The quantitative estimate of drug-likeness (QED) is 0.625. The zero-order chi connectivity index (χ0) is 18.3. The first-order valence-electron chi connectivity index (χ1n) is 7.52. The van der Waals surface area contributed by atoms with Gasteiger partial charge in [-0.15, -0.1) is 22.7 Å². The molecule has 0 bridgehead atoms. The maximum Gasteiger partial charge on any atom is 0.293 e. The van der Waals surface area contributed by atoms with E-state index in [-0.39, 0.29) is 18.2 Å². The second kappa shape index (κ2) is 6.89. The number of thiophene rings is 1. The summed E-state index contributed by atoms with van der Waals surface area (Å²) in [6.45, 7) is 0.613. The van der Waals surface area contributed by atoms with Gasteiger partial charge in [0.25, 0.3) is 15.9 Å². The summed E-state index contributed by atoms with van der Waals surface area (Å²) in [5.41, 5.74) is 0.823. The van der Waals surface area contributed by atoms with Crippen molar-refractivity contribution in [3.05, 3.63) is 50.6 Å². The van der Waals surface area contributed by atoms with E-state index in [2.05, 4.69) is 26.2 Å². The van der Waals surface area contributed by atoms with Crippen molar-refractivity contribution < 1.29 is 17.6 Å². The first kappa shape index (κ1) is 17.9. The highest BCUT2D eigenvalue weighted by Crippen LogP contribution is 2.34. The number of rotatable bonds is 4. The van der Waals surface area contributed by atoms with Crippen LogP contribution in [0.15, 0.2) is 42.9 Å². The van der Waals surface area contributed by atoms with Crippen LogP contribution in [-0.2, 0) is 23.0 Å². The van der Waals surface area contributed by atoms with E-state index in [1.54, 1.807) is 24.3 Å². The highest BCUT2D eigenvalue weighted by molar-refractivity contribution is 9.11. The summed E-state index contributed by atoms with van der Waals surface area (Å²) >= 11 is 5.77. The maximum atomic E-state index is 12.8. The molecule has 3 aromatic rings. The van der Waals surface area contributed by atoms with Crippen LogP contribution in [0.25, 0.3) is 0 Å². The molecule has 0 radical (unpaired) electrons. The number of furan rings is 1. The van der Waals surface area contributed by atoms with Crippen LogP contribution in [0.5, 0.6) is 0 Å². The average molecular weight is 474 g/mol. The van der Waals surface area contributed by atoms with Gasteiger partial charge >= 0.3 is 0 Å². The van der Waals surface area contributed by atoms with E-state index in [9.17, 15) is 13.2 Å². The van der Waals surface area contributed by atoms with Crippen LogP contribution in [0.3, 0.4) is 0 Å². The zero-order valence-corrected chi connectivity index (χ0v) is 17.2. The molecule has 0 saturated heterocycles. The summed E-state index contributed by atoms with van der Waals surface area (Å²) in [5.74, 6) is -0.181. The molecule has 4 heterocycles. The van der Waals surface area contributed by atoms with E-state index < -0.39 is 10.0 Å². The number of hydrogen-bond donors (Lipinski definition) is 1. The third-order valence-corrected chi connectivity index (χ3v) is 8.74. The van der Waals surface area contributed by atoms with Gasteiger partial charge in [-0.2, -0.15) is 4.31 Å². The topological polar surface area (TPSA) is 92.5 Å². The van der Waals surface area contributed by atoms with Crippen LogP contribution < -0.4 is 5.32 Å². The van der Waals surface area contributed by atoms with Crippen LogP contribution in [0.1, 0.15) is 21.1 Å². The number of fused-ring (bicyclic) bond motifs is 1. The van der Waals surface area contributed by atoms with Gasteiger partial charge in [0.15, 0.2) is 10.9 Å². The predicted molar refractivity (Wildman–Crippen MR) is 102 cm³/mol. The molecule has 0 aliphatic carbocycles. The Bertz CT molecular complexity index is 1060. The van der Waals surface area contributed by atoms with E-state index in [0.29, 0.717) is 22.3 Å². The number of anilines is 1. The normalized spacial score (nSPS) is 15.0. The maximum absolute atomic E-state index is 12.8. The smallest absolute Gasteiger partial charge is 0.293 e. The van der Waals surface area contributed by atoms with Crippen molar-refractivity contribution in [2.24, 2.45) is 0 Å². The van der Waals surface area contributed by atoms with Gasteiger partial charge in [-0.3, -0.25) is 10.1 Å². The summed E-state index contributed by atoms with van der Waals surface area (Å²) in [4.78, 5) is 17.3. The molecule has 136 valence electrons. The fourth-order valence-corrected chi connectivity index (χ4v) is 7.23. The van der Waals surface area contributed by atoms with Crippen molar-refractivity contribution in [2.75, 3.05) is 11.9 Å². The van der Waals surface area contributed by atoms with E-state index in [0.717, 1.165) is 14.4 Å². The lowest BCUT2D eigenvalue weighted by Crippen LogP contribution is -2.35. The molecule has 3 aromatic heterocycles. The number of hydrogen-bond acceptors (Lipinski definition) is 7. The lowest BCUT2D eigenvalue weighted by Gasteiger charge is -2.24. The lowest BCUT2D eigenvalue weighted by atomic mass is 10.2. The molecular formula is C15H12BrN3O4S3. The molecule has 1 aliphatic rings. The SMILES string of the molecule is O=C(Nc1nc2c(s1)CN(S(=O)(=O)c1ccc(Br)s1)CC2)c1ccco1. The van der Waals surface area contributed by atoms with Gasteiger partial charge in [-0.1, -0.05) is 0 Å². The van der Waals surface area contributed by atoms with Gasteiger partial charge in [0, 0.05) is 17.8 Å². The summed E-state index contributed by atoms with van der Waals surface area (Å²) in [5, 5.41) is 3.13. The minimum Gasteiger partial charge on any atom is -0.459 e. The van der Waals surface area contributed by atoms with Gasteiger partial charge in [0.1, 0.15) is 4.21 Å². The molecule has 0 atom stereocenters. The van der Waals surface area contributed by atoms with Crippen molar-refractivity contribution in [1.29, 1.82) is 0 Å². The minimum atomic E-state index is -3.53. The van der Waals surface area contributed by atoms with Gasteiger partial charge in [0.2, 0.25) is 0 Å². The minimum absolute atomic E-state index is 0.200. The van der Waals surface area contributed by atoms with Gasteiger partial charge in [0.05, 0.1) is 22.3 Å². The number of aromatic nitrogens is 1. The molecule has 7 nitrogen and oxygen atoms in total. The summed E-state index contributed by atoms with van der Waals surface area (Å²) in [6.07, 6.45) is 1.93. The monoisotopic (exact) mass is 473 g/mol. The Kier molecular flexibility index (Phi) is 4.73. The molecular weight excluding hydrogens is 462 g/mol. The number of amides is 1. The Morgan fingerprint density at radius 1 is 1.31 bits per heavy atom. The fraction of sp³-hybridized carbons (Fsp3) is 0.200. The zero-order valence-electron chi connectivity index (χ0n) is 13.1. The first-order chi connectivity index (χ1) is 12.4. The summed E-state index contributed by atoms with van der Waals surface area (Å²) < 4.78 is 33.1. The number of thiazole rings is 1. The van der Waals surface area contributed by atoms with Gasteiger partial charge < -0.3 is 4.42 Å². The van der Waals surface area contributed by atoms with Crippen molar-refractivity contribution in [3.63, 3.8) is 0 Å². The highest BCUT2D eigenvalue weighted by Gasteiger charge is 2.31. The number of nitrogens with zero attached hydrogens (tertiary/aromatic N) is 2. The van der Waals surface area contributed by atoms with E-state index in [1.807, 2.05) is 0 Å². The van der Waals surface area contributed by atoms with Crippen molar-refractivity contribution >= 4 is 59.7 Å². The number of carbonyl (C=O) groups is 1. The summed E-state index contributed by atoms with van der Waals surface area (Å²) in [6, 6.07) is 6.52. The van der Waals surface area contributed by atoms with Gasteiger partial charge in [-0.05, 0) is 40.2 Å². The largest absolute Gasteiger partial charge is 0.459 e. The first-order valence-corrected chi connectivity index (χ1v) is 11.4. The van der Waals surface area contributed by atoms with Crippen LogP contribution in [0, 0.1) is 0 Å². The van der Waals surface area contributed by atoms with Crippen LogP contribution >= 0.6 is 38.6 Å². The second-order valence-corrected chi connectivity index (χ2v) is 11.2. The molecule has 0 aromatic carbocycles. The van der Waals surface area contributed by atoms with Crippen LogP contribution in [-0.4, -0.2) is 30.2 Å². The molecule has 1 aliphatic heterocycles. The summed E-state index contributed by atoms with van der Waals surface area (Å²) in [7, 11) is -3.53. The van der Waals surface area contributed by atoms with E-state index >= 15 is 0 Å². The number of carbonyl (C=O) groups excluding carboxylic acids is 1. The molecule has 0 fully saturated rings. The van der Waals surface area contributed by atoms with Crippen LogP contribution in [0.2, 0.25) is 0 Å². The molecule has 1 N–H and O–H groups in total. The predicted octanol–water partition coefficient (Wildman–Crippen LogP) is 3.56. The number of sulfonamides is 1. The third kappa shape index (κ3) is 3.37. The van der Waals surface area contributed by atoms with Crippen molar-refractivity contribution in [2.45, 2.75) is 17.2 Å². The molecule has 0 unspecified atom stereocenters. The molecule has 11 heteroatoms. The van der Waals surface area contributed by atoms with E-state index in [4.69, 9.17) is 4.42 Å². The second-order valence-electron chi connectivity index (χ2n) is 5.47. The molecule has 0 spiro atoms. The van der Waals surface area contributed by atoms with Crippen molar-refractivity contribution in [1.82, 2.24) is 9.29 Å². The van der Waals surface area contributed by atoms with Crippen molar-refractivity contribution in [3.8, 4) is 0 Å². The number of halogens is 1. The van der Waals surface area contributed by atoms with Crippen LogP contribution in [0.4, 0.5) is 5.13 Å². The Balaban J connectivity index is 1.52. The molecule has 4 rings (SSSR count). The lowest BCUT2D eigenvalue weighted by molar-refractivity contribution is 0.0996. The Labute approximate surface area is 165 Å². The number of nitrogens with one attached hydrogen (secondary N) is 1. The standard InChI is InChI=1S/C15H12BrN3O4S3/c16-12-3-4-13(25-12)26(21,22)19-6-5-9-11(8-19)24-15(17-9)18-14(20)10-2-1-7-23-10/h1-4,7H,5-6,8H2,(H,17,18,20). The fourth-order valence-electron chi connectivity index (χ4n) is 2.56. The molecule has 1 amide bonds. The Hall–Kier alpha value is -1.53.